The van der Waals surface area contributed by atoms with Gasteiger partial charge in [-0.2, -0.15) is 0 Å². The molecule has 1 aromatic carbocycles. The first-order valence-corrected chi connectivity index (χ1v) is 7.19. The van der Waals surface area contributed by atoms with Crippen molar-refractivity contribution in [2.45, 2.75) is 26.3 Å². The van der Waals surface area contributed by atoms with Crippen molar-refractivity contribution in [1.82, 2.24) is 4.98 Å². The topological polar surface area (TPSA) is 105 Å². The molecule has 2 aromatic rings. The van der Waals surface area contributed by atoms with Crippen LogP contribution in [-0.2, 0) is 11.2 Å². The first-order valence-electron chi connectivity index (χ1n) is 7.19. The van der Waals surface area contributed by atoms with Crippen LogP contribution in [0.4, 0.5) is 5.69 Å². The molecule has 2 rings (SSSR count). The van der Waals surface area contributed by atoms with Crippen LogP contribution in [0.2, 0.25) is 0 Å². The fourth-order valence-corrected chi connectivity index (χ4v) is 2.30. The first kappa shape index (κ1) is 16.6. The number of benzene rings is 1. The Labute approximate surface area is 134 Å². The number of amides is 1. The number of carbonyl (C=O) groups is 2. The van der Waals surface area contributed by atoms with E-state index in [4.69, 9.17) is 10.8 Å². The summed E-state index contributed by atoms with van der Waals surface area (Å²) in [6, 6.07) is 7.81. The quantitative estimate of drug-likeness (QED) is 0.782. The highest BCUT2D eigenvalue weighted by Crippen LogP contribution is 2.16. The van der Waals surface area contributed by atoms with Crippen LogP contribution in [0.15, 0.2) is 36.5 Å². The number of nitrogens with zero attached hydrogens (tertiary/aromatic N) is 1. The third-order valence-electron chi connectivity index (χ3n) is 3.56. The lowest BCUT2D eigenvalue weighted by molar-refractivity contribution is -0.138. The van der Waals surface area contributed by atoms with Gasteiger partial charge < -0.3 is 16.2 Å². The van der Waals surface area contributed by atoms with E-state index >= 15 is 0 Å². The third kappa shape index (κ3) is 4.14. The summed E-state index contributed by atoms with van der Waals surface area (Å²) in [5.74, 6) is -1.26. The molecule has 0 fully saturated rings. The number of carboxylic acids is 1. The average Bonchev–Trinajstić information content (AvgIpc) is 2.49. The van der Waals surface area contributed by atoms with Crippen LogP contribution in [0.1, 0.15) is 27.2 Å². The van der Waals surface area contributed by atoms with E-state index in [0.717, 1.165) is 11.1 Å². The molecule has 0 bridgehead atoms. The molecule has 0 saturated heterocycles. The van der Waals surface area contributed by atoms with Crippen LogP contribution in [0, 0.1) is 13.8 Å². The van der Waals surface area contributed by atoms with Crippen molar-refractivity contribution < 1.29 is 14.7 Å². The minimum Gasteiger partial charge on any atom is -0.480 e. The van der Waals surface area contributed by atoms with Crippen molar-refractivity contribution in [2.75, 3.05) is 5.32 Å². The number of carbonyl (C=O) groups excluding carboxylic acids is 1. The molecule has 0 unspecified atom stereocenters. The molecular formula is C17H19N3O3. The number of aryl methyl sites for hydroxylation is 2. The molecule has 23 heavy (non-hydrogen) atoms. The molecule has 0 aliphatic heterocycles. The molecule has 1 heterocycles. The summed E-state index contributed by atoms with van der Waals surface area (Å²) in [5, 5.41) is 11.6. The molecule has 0 aliphatic rings. The lowest BCUT2D eigenvalue weighted by Crippen LogP contribution is -2.32. The number of hydrogen-bond acceptors (Lipinski definition) is 4. The lowest BCUT2D eigenvalue weighted by Gasteiger charge is -2.11. The molecule has 4 N–H and O–H groups in total. The molecule has 6 heteroatoms. The zero-order valence-corrected chi connectivity index (χ0v) is 13.0. The molecule has 1 atom stereocenters. The summed E-state index contributed by atoms with van der Waals surface area (Å²) < 4.78 is 0. The molecule has 0 spiro atoms. The Bertz CT molecular complexity index is 706. The summed E-state index contributed by atoms with van der Waals surface area (Å²) in [4.78, 5) is 27.2. The van der Waals surface area contributed by atoms with E-state index in [9.17, 15) is 9.59 Å². The second-order valence-electron chi connectivity index (χ2n) is 5.39. The van der Waals surface area contributed by atoms with Gasteiger partial charge in [0.2, 0.25) is 0 Å². The van der Waals surface area contributed by atoms with Crippen LogP contribution in [0.5, 0.6) is 0 Å². The monoisotopic (exact) mass is 313 g/mol. The van der Waals surface area contributed by atoms with Crippen molar-refractivity contribution in [2.24, 2.45) is 5.73 Å². The minimum atomic E-state index is -1.04. The Balaban J connectivity index is 2.09. The minimum absolute atomic E-state index is 0.219. The molecular weight excluding hydrogens is 294 g/mol. The van der Waals surface area contributed by atoms with E-state index in [2.05, 4.69) is 10.3 Å². The van der Waals surface area contributed by atoms with E-state index in [-0.39, 0.29) is 12.3 Å². The maximum Gasteiger partial charge on any atom is 0.320 e. The van der Waals surface area contributed by atoms with Crippen molar-refractivity contribution in [3.8, 4) is 0 Å². The van der Waals surface area contributed by atoms with Gasteiger partial charge in [-0.1, -0.05) is 12.1 Å². The van der Waals surface area contributed by atoms with Gasteiger partial charge in [0.15, 0.2) is 0 Å². The largest absolute Gasteiger partial charge is 0.480 e. The number of aliphatic carboxylic acids is 1. The second-order valence-corrected chi connectivity index (χ2v) is 5.39. The molecule has 0 aliphatic carbocycles. The number of anilines is 1. The van der Waals surface area contributed by atoms with Crippen LogP contribution in [-0.4, -0.2) is 28.0 Å². The normalized spacial score (nSPS) is 11.8. The van der Waals surface area contributed by atoms with E-state index in [1.807, 2.05) is 6.92 Å². The maximum atomic E-state index is 12.4. The summed E-state index contributed by atoms with van der Waals surface area (Å²) in [7, 11) is 0. The van der Waals surface area contributed by atoms with Crippen LogP contribution < -0.4 is 11.1 Å². The number of pyridine rings is 1. The molecule has 1 amide bonds. The predicted molar refractivity (Wildman–Crippen MR) is 87.4 cm³/mol. The van der Waals surface area contributed by atoms with Crippen molar-refractivity contribution >= 4 is 17.6 Å². The molecule has 120 valence electrons. The van der Waals surface area contributed by atoms with E-state index in [1.54, 1.807) is 43.5 Å². The number of nitrogens with one attached hydrogen (secondary N) is 1. The highest BCUT2D eigenvalue weighted by Gasteiger charge is 2.14. The van der Waals surface area contributed by atoms with Gasteiger partial charge in [-0.05, 0) is 49.6 Å². The number of hydrogen-bond donors (Lipinski definition) is 3. The highest BCUT2D eigenvalue weighted by atomic mass is 16.4. The van der Waals surface area contributed by atoms with Gasteiger partial charge in [0, 0.05) is 11.9 Å². The van der Waals surface area contributed by atoms with E-state index in [1.165, 1.54) is 0 Å². The van der Waals surface area contributed by atoms with E-state index < -0.39 is 12.0 Å². The van der Waals surface area contributed by atoms with Crippen LogP contribution in [0.25, 0.3) is 0 Å². The zero-order valence-electron chi connectivity index (χ0n) is 13.0. The van der Waals surface area contributed by atoms with Gasteiger partial charge >= 0.3 is 5.97 Å². The Morgan fingerprint density at radius 3 is 2.43 bits per heavy atom. The van der Waals surface area contributed by atoms with Gasteiger partial charge in [-0.25, -0.2) is 0 Å². The maximum absolute atomic E-state index is 12.4. The Morgan fingerprint density at radius 2 is 1.87 bits per heavy atom. The van der Waals surface area contributed by atoms with Gasteiger partial charge in [0.25, 0.3) is 5.91 Å². The highest BCUT2D eigenvalue weighted by molar-refractivity contribution is 6.05. The Morgan fingerprint density at radius 1 is 1.22 bits per heavy atom. The fourth-order valence-electron chi connectivity index (χ4n) is 2.30. The molecule has 6 nitrogen and oxygen atoms in total. The SMILES string of the molecule is Cc1ccnc(C)c1C(=O)Nc1ccc(C[C@H](N)C(=O)O)cc1. The predicted octanol–water partition coefficient (Wildman–Crippen LogP) is 1.91. The van der Waals surface area contributed by atoms with E-state index in [0.29, 0.717) is 16.9 Å². The van der Waals surface area contributed by atoms with Gasteiger partial charge in [0.1, 0.15) is 6.04 Å². The number of rotatable bonds is 5. The number of carboxylic acid groups (broad SMARTS) is 1. The fraction of sp³-hybridized carbons (Fsp3) is 0.235. The molecule has 0 radical (unpaired) electrons. The average molecular weight is 313 g/mol. The van der Waals surface area contributed by atoms with Gasteiger partial charge in [-0.15, -0.1) is 0 Å². The van der Waals surface area contributed by atoms with Crippen LogP contribution >= 0.6 is 0 Å². The Kier molecular flexibility index (Phi) is 5.08. The van der Waals surface area contributed by atoms with Crippen molar-refractivity contribution in [1.29, 1.82) is 0 Å². The second kappa shape index (κ2) is 7.02. The summed E-state index contributed by atoms with van der Waals surface area (Å²) >= 11 is 0. The van der Waals surface area contributed by atoms with Crippen molar-refractivity contribution in [3.05, 3.63) is 58.9 Å². The number of aromatic nitrogens is 1. The number of nitrogens with two attached hydrogens (primary N) is 1. The Hall–Kier alpha value is -2.73. The summed E-state index contributed by atoms with van der Waals surface area (Å²) in [6.07, 6.45) is 1.91. The van der Waals surface area contributed by atoms with Crippen LogP contribution in [0.3, 0.4) is 0 Å². The zero-order chi connectivity index (χ0) is 17.0. The van der Waals surface area contributed by atoms with Crippen molar-refractivity contribution in [3.63, 3.8) is 0 Å². The standard InChI is InChI=1S/C17H19N3O3/c1-10-7-8-19-11(2)15(10)16(21)20-13-5-3-12(4-6-13)9-14(18)17(22)23/h3-8,14H,9,18H2,1-2H3,(H,20,21)(H,22,23)/t14-/m0/s1. The van der Waals surface area contributed by atoms with Gasteiger partial charge in [0.05, 0.1) is 11.3 Å². The smallest absolute Gasteiger partial charge is 0.320 e. The summed E-state index contributed by atoms with van der Waals surface area (Å²) in [6.45, 7) is 3.65. The first-order chi connectivity index (χ1) is 10.9. The molecule has 0 saturated carbocycles. The van der Waals surface area contributed by atoms with Gasteiger partial charge in [-0.3, -0.25) is 14.6 Å². The summed E-state index contributed by atoms with van der Waals surface area (Å²) in [5.41, 5.74) is 9.02. The molecule has 1 aromatic heterocycles. The lowest BCUT2D eigenvalue weighted by atomic mass is 10.1. The third-order valence-corrected chi connectivity index (χ3v) is 3.56.